The fourth-order valence-electron chi connectivity index (χ4n) is 7.45. The molecule has 3 aliphatic rings. The molecule has 0 saturated carbocycles. The van der Waals surface area contributed by atoms with Gasteiger partial charge in [-0.15, -0.1) is 11.3 Å². The van der Waals surface area contributed by atoms with Crippen molar-refractivity contribution in [3.8, 4) is 29.2 Å². The van der Waals surface area contributed by atoms with Crippen LogP contribution < -0.4 is 25.4 Å². The molecule has 4 aromatic rings. The highest BCUT2D eigenvalue weighted by Crippen LogP contribution is 2.46. The molecule has 2 bridgehead atoms. The minimum absolute atomic E-state index is 0.0384. The molecular formula is C32H34F4N8O2S. The van der Waals surface area contributed by atoms with Crippen molar-refractivity contribution >= 4 is 43.1 Å². The predicted octanol–water partition coefficient (Wildman–Crippen LogP) is 5.03. The highest BCUT2D eigenvalue weighted by Gasteiger charge is 2.40. The van der Waals surface area contributed by atoms with Crippen LogP contribution in [0, 0.1) is 40.1 Å². The Labute approximate surface area is 272 Å². The topological polar surface area (TPSA) is 125 Å². The standard InChI is InChI=1S/C32H34F4N8O2S/c1-32(13-43(2)7-6-15(32)9-33)14-46-31-41-26-23(29(42-31)44-11-16-4-5-17(12-44)39-16)30(45-3)40-25(24(26)36)22-19(34)8-20(35)27-21(22)18(10-37)28(38)47-27/h8,15-17,39H,4-7,9,11-14,38H2,1-3H3/t15-,16-,17+,32+/m1/s1. The van der Waals surface area contributed by atoms with E-state index in [2.05, 4.69) is 20.2 Å². The number of methoxy groups -OCH3 is 1. The van der Waals surface area contributed by atoms with E-state index in [1.54, 1.807) is 0 Å². The van der Waals surface area contributed by atoms with Gasteiger partial charge < -0.3 is 30.3 Å². The molecule has 7 rings (SSSR count). The van der Waals surface area contributed by atoms with E-state index in [4.69, 9.17) is 20.2 Å². The van der Waals surface area contributed by atoms with Crippen molar-refractivity contribution in [3.05, 3.63) is 29.1 Å². The van der Waals surface area contributed by atoms with Crippen molar-refractivity contribution in [1.82, 2.24) is 25.2 Å². The van der Waals surface area contributed by atoms with Gasteiger partial charge in [0.15, 0.2) is 5.82 Å². The third-order valence-electron chi connectivity index (χ3n) is 9.86. The number of pyridine rings is 1. The first-order chi connectivity index (χ1) is 22.5. The number of fused-ring (bicyclic) bond motifs is 4. The number of aromatic nitrogens is 3. The lowest BCUT2D eigenvalue weighted by Gasteiger charge is -2.43. The van der Waals surface area contributed by atoms with Crippen molar-refractivity contribution in [2.45, 2.75) is 38.3 Å². The molecule has 15 heteroatoms. The van der Waals surface area contributed by atoms with E-state index < -0.39 is 40.8 Å². The summed E-state index contributed by atoms with van der Waals surface area (Å²) in [5.41, 5.74) is 4.03. The number of thiophene rings is 1. The van der Waals surface area contributed by atoms with Crippen LogP contribution >= 0.6 is 11.3 Å². The molecular weight excluding hydrogens is 636 g/mol. The Morgan fingerprint density at radius 1 is 1.13 bits per heavy atom. The second-order valence-electron chi connectivity index (χ2n) is 13.1. The van der Waals surface area contributed by atoms with Gasteiger partial charge in [0.2, 0.25) is 5.88 Å². The zero-order valence-corrected chi connectivity index (χ0v) is 27.0. The molecule has 0 amide bonds. The molecule has 3 aromatic heterocycles. The number of hydrogen-bond donors (Lipinski definition) is 2. The van der Waals surface area contributed by atoms with E-state index in [-0.39, 0.29) is 68.1 Å². The zero-order chi connectivity index (χ0) is 33.2. The number of nitrogens with one attached hydrogen (secondary N) is 1. The van der Waals surface area contributed by atoms with Gasteiger partial charge in [-0.1, -0.05) is 6.92 Å². The lowest BCUT2D eigenvalue weighted by atomic mass is 9.73. The Morgan fingerprint density at radius 3 is 2.55 bits per heavy atom. The summed E-state index contributed by atoms with van der Waals surface area (Å²) in [7, 11) is 3.31. The van der Waals surface area contributed by atoms with Gasteiger partial charge in [-0.3, -0.25) is 4.39 Å². The SMILES string of the molecule is COc1nc(-c2c(F)cc(F)c3sc(N)c(C#N)c23)c(F)c2nc(OC[C@]3(C)CN(C)CC[C@@H]3CF)nc(N3C[C@H]4CC[C@@H](C3)N4)c12. The Bertz CT molecular complexity index is 1920. The van der Waals surface area contributed by atoms with E-state index in [0.29, 0.717) is 37.9 Å². The number of anilines is 2. The number of halogens is 4. The van der Waals surface area contributed by atoms with Gasteiger partial charge in [0.1, 0.15) is 45.1 Å². The minimum Gasteiger partial charge on any atom is -0.480 e. The third-order valence-corrected chi connectivity index (χ3v) is 10.9. The number of ether oxygens (including phenoxy) is 2. The average Bonchev–Trinajstić information content (AvgIpc) is 3.57. The summed E-state index contributed by atoms with van der Waals surface area (Å²) < 4.78 is 73.4. The maximum atomic E-state index is 16.9. The molecule has 3 saturated heterocycles. The molecule has 10 nitrogen and oxygen atoms in total. The van der Waals surface area contributed by atoms with Crippen LogP contribution in [0.15, 0.2) is 6.07 Å². The molecule has 0 aliphatic carbocycles. The zero-order valence-electron chi connectivity index (χ0n) is 26.2. The maximum absolute atomic E-state index is 16.9. The maximum Gasteiger partial charge on any atom is 0.319 e. The predicted molar refractivity (Wildman–Crippen MR) is 171 cm³/mol. The second kappa shape index (κ2) is 11.9. The average molecular weight is 671 g/mol. The number of nitrogen functional groups attached to an aromatic ring is 1. The van der Waals surface area contributed by atoms with Crippen LogP contribution in [0.4, 0.5) is 28.4 Å². The van der Waals surface area contributed by atoms with E-state index in [1.807, 2.05) is 24.9 Å². The van der Waals surface area contributed by atoms with Crippen LogP contribution in [0.3, 0.4) is 0 Å². The molecule has 248 valence electrons. The minimum atomic E-state index is -1.13. The Morgan fingerprint density at radius 2 is 1.87 bits per heavy atom. The van der Waals surface area contributed by atoms with E-state index in [1.165, 1.54) is 7.11 Å². The quantitative estimate of drug-likeness (QED) is 0.259. The van der Waals surface area contributed by atoms with Crippen LogP contribution in [-0.2, 0) is 0 Å². The molecule has 6 heterocycles. The summed E-state index contributed by atoms with van der Waals surface area (Å²) in [6.45, 7) is 4.04. The second-order valence-corrected chi connectivity index (χ2v) is 14.1. The van der Waals surface area contributed by atoms with Gasteiger partial charge >= 0.3 is 6.01 Å². The van der Waals surface area contributed by atoms with Crippen LogP contribution in [0.5, 0.6) is 11.9 Å². The smallest absolute Gasteiger partial charge is 0.319 e. The summed E-state index contributed by atoms with van der Waals surface area (Å²) in [6.07, 6.45) is 2.61. The van der Waals surface area contributed by atoms with Gasteiger partial charge in [0.25, 0.3) is 0 Å². The van der Waals surface area contributed by atoms with Crippen LogP contribution in [0.25, 0.3) is 32.2 Å². The number of piperazine rings is 1. The third kappa shape index (κ3) is 5.26. The molecule has 1 aromatic carbocycles. The first kappa shape index (κ1) is 31.6. The van der Waals surface area contributed by atoms with Crippen LogP contribution in [0.1, 0.15) is 31.7 Å². The normalized spacial score (nSPS) is 24.6. The highest BCUT2D eigenvalue weighted by molar-refractivity contribution is 7.23. The number of nitriles is 1. The largest absolute Gasteiger partial charge is 0.480 e. The lowest BCUT2D eigenvalue weighted by Crippen LogP contribution is -2.51. The van der Waals surface area contributed by atoms with Gasteiger partial charge in [0.05, 0.1) is 30.7 Å². The van der Waals surface area contributed by atoms with E-state index in [9.17, 15) is 14.0 Å². The van der Waals surface area contributed by atoms with Crippen molar-refractivity contribution in [2.24, 2.45) is 11.3 Å². The van der Waals surface area contributed by atoms with E-state index >= 15 is 8.78 Å². The number of likely N-dealkylation sites (tertiary alicyclic amines) is 1. The van der Waals surface area contributed by atoms with Crippen molar-refractivity contribution in [2.75, 3.05) is 64.3 Å². The summed E-state index contributed by atoms with van der Waals surface area (Å²) in [5, 5.41) is 13.3. The molecule has 4 atom stereocenters. The Hall–Kier alpha value is -4.00. The number of rotatable bonds is 7. The first-order valence-corrected chi connectivity index (χ1v) is 16.3. The number of alkyl halides is 1. The number of benzene rings is 1. The monoisotopic (exact) mass is 670 g/mol. The molecule has 47 heavy (non-hydrogen) atoms. The molecule has 0 radical (unpaired) electrons. The van der Waals surface area contributed by atoms with Gasteiger partial charge in [-0.2, -0.15) is 15.2 Å². The van der Waals surface area contributed by atoms with Crippen LogP contribution in [-0.4, -0.2) is 85.6 Å². The molecule has 3 fully saturated rings. The van der Waals surface area contributed by atoms with Gasteiger partial charge in [-0.25, -0.2) is 18.2 Å². The lowest BCUT2D eigenvalue weighted by molar-refractivity contribution is 0.000321. The Kier molecular flexibility index (Phi) is 8.00. The molecule has 3 aliphatic heterocycles. The summed E-state index contributed by atoms with van der Waals surface area (Å²) in [6, 6.07) is 2.77. The number of nitrogens with zero attached hydrogens (tertiary/aromatic N) is 6. The number of piperidine rings is 1. The number of hydrogen-bond acceptors (Lipinski definition) is 11. The summed E-state index contributed by atoms with van der Waals surface area (Å²) in [4.78, 5) is 17.8. The van der Waals surface area contributed by atoms with E-state index in [0.717, 1.165) is 30.7 Å². The fraction of sp³-hybridized carbons (Fsp3) is 0.500. The Balaban J connectivity index is 1.43. The first-order valence-electron chi connectivity index (χ1n) is 15.5. The van der Waals surface area contributed by atoms with Gasteiger partial charge in [-0.05, 0) is 38.8 Å². The van der Waals surface area contributed by atoms with Crippen molar-refractivity contribution in [3.63, 3.8) is 0 Å². The van der Waals surface area contributed by atoms with Crippen molar-refractivity contribution in [1.29, 1.82) is 5.26 Å². The van der Waals surface area contributed by atoms with Gasteiger partial charge in [0, 0.05) is 54.1 Å². The highest BCUT2D eigenvalue weighted by atomic mass is 32.1. The molecule has 0 spiro atoms. The molecule has 0 unspecified atom stereocenters. The van der Waals surface area contributed by atoms with Crippen LogP contribution in [0.2, 0.25) is 0 Å². The summed E-state index contributed by atoms with van der Waals surface area (Å²) >= 11 is 0.762. The fourth-order valence-corrected chi connectivity index (χ4v) is 8.38. The summed E-state index contributed by atoms with van der Waals surface area (Å²) in [5.74, 6) is -3.08. The van der Waals surface area contributed by atoms with Crippen molar-refractivity contribution < 1.29 is 27.0 Å². The molecule has 3 N–H and O–H groups in total. The number of nitrogens with two attached hydrogens (primary N) is 1.